The van der Waals surface area contributed by atoms with Gasteiger partial charge in [-0.1, -0.05) is 23.2 Å². The molecule has 0 aliphatic rings. The molecule has 2 nitrogen and oxygen atoms in total. The second-order valence-electron chi connectivity index (χ2n) is 4.09. The molecule has 0 aliphatic heterocycles. The van der Waals surface area contributed by atoms with Gasteiger partial charge in [0, 0.05) is 23.7 Å². The van der Waals surface area contributed by atoms with E-state index < -0.39 is 5.82 Å². The fourth-order valence-corrected chi connectivity index (χ4v) is 2.21. The third-order valence-corrected chi connectivity index (χ3v) is 3.22. The predicted molar refractivity (Wildman–Crippen MR) is 69.1 cm³/mol. The zero-order valence-corrected chi connectivity index (χ0v) is 11.3. The van der Waals surface area contributed by atoms with Gasteiger partial charge in [0.25, 0.3) is 0 Å². The highest BCUT2D eigenvalue weighted by atomic mass is 35.5. The molecule has 1 unspecified atom stereocenters. The van der Waals surface area contributed by atoms with Gasteiger partial charge in [-0.05, 0) is 38.0 Å². The predicted octanol–water partition coefficient (Wildman–Crippen LogP) is 3.55. The summed E-state index contributed by atoms with van der Waals surface area (Å²) in [6.45, 7) is 3.96. The van der Waals surface area contributed by atoms with E-state index in [-0.39, 0.29) is 23.7 Å². The van der Waals surface area contributed by atoms with E-state index >= 15 is 0 Å². The molecule has 0 radical (unpaired) electrons. The molecule has 0 aliphatic carbocycles. The quantitative estimate of drug-likeness (QED) is 0.808. The van der Waals surface area contributed by atoms with Crippen molar-refractivity contribution in [2.75, 3.05) is 6.61 Å². The average Bonchev–Trinajstić information content (AvgIpc) is 2.23. The summed E-state index contributed by atoms with van der Waals surface area (Å²) in [6, 6.07) is 2.78. The smallest absolute Gasteiger partial charge is 0.142 e. The Hall–Kier alpha value is -0.350. The van der Waals surface area contributed by atoms with Crippen LogP contribution in [0, 0.1) is 5.82 Å². The van der Waals surface area contributed by atoms with E-state index in [1.54, 1.807) is 0 Å². The topological polar surface area (TPSA) is 32.3 Å². The molecule has 0 bridgehead atoms. The van der Waals surface area contributed by atoms with Crippen LogP contribution in [0.2, 0.25) is 10.0 Å². The summed E-state index contributed by atoms with van der Waals surface area (Å²) in [5.74, 6) is -0.477. The third kappa shape index (κ3) is 4.11. The summed E-state index contributed by atoms with van der Waals surface area (Å²) >= 11 is 11.6. The van der Waals surface area contributed by atoms with E-state index in [1.807, 2.05) is 13.8 Å². The molecule has 0 heterocycles. The van der Waals surface area contributed by atoms with E-state index in [2.05, 4.69) is 5.32 Å². The molecule has 0 fully saturated rings. The maximum Gasteiger partial charge on any atom is 0.142 e. The first-order valence-corrected chi connectivity index (χ1v) is 6.22. The van der Waals surface area contributed by atoms with Crippen LogP contribution in [0.15, 0.2) is 12.1 Å². The van der Waals surface area contributed by atoms with Crippen LogP contribution in [0.4, 0.5) is 4.39 Å². The van der Waals surface area contributed by atoms with Gasteiger partial charge in [-0.15, -0.1) is 0 Å². The van der Waals surface area contributed by atoms with E-state index in [9.17, 15) is 4.39 Å². The number of hydrogen-bond acceptors (Lipinski definition) is 2. The third-order valence-electron chi connectivity index (χ3n) is 2.60. The van der Waals surface area contributed by atoms with Crippen LogP contribution in [-0.4, -0.2) is 17.8 Å². The molecule has 17 heavy (non-hydrogen) atoms. The highest BCUT2D eigenvalue weighted by Crippen LogP contribution is 2.28. The lowest BCUT2D eigenvalue weighted by atomic mass is 10.1. The van der Waals surface area contributed by atoms with Gasteiger partial charge in [0.1, 0.15) is 5.82 Å². The van der Waals surface area contributed by atoms with Crippen molar-refractivity contribution in [3.05, 3.63) is 33.6 Å². The first kappa shape index (κ1) is 14.7. The van der Waals surface area contributed by atoms with E-state index in [0.717, 1.165) is 0 Å². The normalized spacial score (nSPS) is 14.7. The standard InChI is InChI=1S/C12H16Cl2FNO/c1-7(3-4-17)16-8(2)9-5-12(15)11(14)6-10(9)13/h5-8,16-17H,3-4H2,1-2H3/t7-,8?/m1/s1. The van der Waals surface area contributed by atoms with Crippen molar-refractivity contribution in [3.63, 3.8) is 0 Å². The maximum absolute atomic E-state index is 13.3. The minimum absolute atomic E-state index is 0.0226. The SMILES string of the molecule is CC(N[C@H](C)CCO)c1cc(F)c(Cl)cc1Cl. The second-order valence-corrected chi connectivity index (χ2v) is 4.90. The lowest BCUT2D eigenvalue weighted by Gasteiger charge is -2.21. The van der Waals surface area contributed by atoms with Gasteiger partial charge in [0.2, 0.25) is 0 Å². The molecule has 0 saturated carbocycles. The van der Waals surface area contributed by atoms with Gasteiger partial charge in [-0.3, -0.25) is 0 Å². The molecular formula is C12H16Cl2FNO. The Balaban J connectivity index is 2.81. The van der Waals surface area contributed by atoms with E-state index in [0.29, 0.717) is 17.0 Å². The molecule has 2 atom stereocenters. The fourth-order valence-electron chi connectivity index (χ4n) is 1.66. The van der Waals surface area contributed by atoms with Crippen LogP contribution in [0.3, 0.4) is 0 Å². The van der Waals surface area contributed by atoms with Crippen molar-refractivity contribution in [2.45, 2.75) is 32.4 Å². The van der Waals surface area contributed by atoms with Gasteiger partial charge in [-0.2, -0.15) is 0 Å². The van der Waals surface area contributed by atoms with Crippen molar-refractivity contribution in [1.29, 1.82) is 0 Å². The number of rotatable bonds is 5. The van der Waals surface area contributed by atoms with Crippen molar-refractivity contribution in [2.24, 2.45) is 0 Å². The largest absolute Gasteiger partial charge is 0.396 e. The monoisotopic (exact) mass is 279 g/mol. The fraction of sp³-hybridized carbons (Fsp3) is 0.500. The van der Waals surface area contributed by atoms with Crippen LogP contribution in [0.25, 0.3) is 0 Å². The Labute approximate surface area is 111 Å². The van der Waals surface area contributed by atoms with Gasteiger partial charge in [0.15, 0.2) is 0 Å². The van der Waals surface area contributed by atoms with E-state index in [1.165, 1.54) is 12.1 Å². The van der Waals surface area contributed by atoms with E-state index in [4.69, 9.17) is 28.3 Å². The minimum atomic E-state index is -0.477. The number of benzene rings is 1. The number of aliphatic hydroxyl groups excluding tert-OH is 1. The van der Waals surface area contributed by atoms with Crippen LogP contribution in [-0.2, 0) is 0 Å². The Morgan fingerprint density at radius 1 is 1.29 bits per heavy atom. The van der Waals surface area contributed by atoms with Gasteiger partial charge in [0.05, 0.1) is 5.02 Å². The van der Waals surface area contributed by atoms with Crippen LogP contribution in [0.5, 0.6) is 0 Å². The molecule has 0 saturated heterocycles. The first-order valence-electron chi connectivity index (χ1n) is 5.47. The Morgan fingerprint density at radius 2 is 1.94 bits per heavy atom. The summed E-state index contributed by atoms with van der Waals surface area (Å²) in [6.07, 6.45) is 0.637. The van der Waals surface area contributed by atoms with Gasteiger partial charge >= 0.3 is 0 Å². The molecule has 1 aromatic carbocycles. The minimum Gasteiger partial charge on any atom is -0.396 e. The molecular weight excluding hydrogens is 264 g/mol. The van der Waals surface area contributed by atoms with Crippen molar-refractivity contribution >= 4 is 23.2 Å². The molecule has 0 aromatic heterocycles. The Bertz CT molecular complexity index is 387. The highest BCUT2D eigenvalue weighted by molar-refractivity contribution is 6.35. The zero-order valence-electron chi connectivity index (χ0n) is 9.80. The maximum atomic E-state index is 13.3. The summed E-state index contributed by atoms with van der Waals surface area (Å²) in [4.78, 5) is 0. The number of hydrogen-bond donors (Lipinski definition) is 2. The molecule has 1 aromatic rings. The number of aliphatic hydroxyl groups is 1. The van der Waals surface area contributed by atoms with Gasteiger partial charge < -0.3 is 10.4 Å². The van der Waals surface area contributed by atoms with Crippen molar-refractivity contribution in [1.82, 2.24) is 5.32 Å². The van der Waals surface area contributed by atoms with Crippen molar-refractivity contribution < 1.29 is 9.50 Å². The Morgan fingerprint density at radius 3 is 2.53 bits per heavy atom. The molecule has 2 N–H and O–H groups in total. The zero-order chi connectivity index (χ0) is 13.0. The van der Waals surface area contributed by atoms with Gasteiger partial charge in [-0.25, -0.2) is 4.39 Å². The second kappa shape index (κ2) is 6.55. The molecule has 0 amide bonds. The lowest BCUT2D eigenvalue weighted by Crippen LogP contribution is -2.29. The molecule has 1 rings (SSSR count). The Kier molecular flexibility index (Phi) is 5.67. The number of halogens is 3. The number of nitrogens with one attached hydrogen (secondary N) is 1. The first-order chi connectivity index (χ1) is 7.95. The summed E-state index contributed by atoms with van der Waals surface area (Å²) in [7, 11) is 0. The molecule has 96 valence electrons. The summed E-state index contributed by atoms with van der Waals surface area (Å²) < 4.78 is 13.3. The molecule has 5 heteroatoms. The van der Waals surface area contributed by atoms with Crippen molar-refractivity contribution in [3.8, 4) is 0 Å². The average molecular weight is 280 g/mol. The van der Waals surface area contributed by atoms with Crippen LogP contribution < -0.4 is 5.32 Å². The summed E-state index contributed by atoms with van der Waals surface area (Å²) in [5, 5.41) is 12.5. The van der Waals surface area contributed by atoms with Crippen LogP contribution >= 0.6 is 23.2 Å². The lowest BCUT2D eigenvalue weighted by molar-refractivity contribution is 0.264. The van der Waals surface area contributed by atoms with Crippen LogP contribution in [0.1, 0.15) is 31.9 Å². The molecule has 0 spiro atoms. The highest BCUT2D eigenvalue weighted by Gasteiger charge is 2.15. The summed E-state index contributed by atoms with van der Waals surface area (Å²) in [5.41, 5.74) is 0.665.